The van der Waals surface area contributed by atoms with Gasteiger partial charge in [0.2, 0.25) is 0 Å². The Kier molecular flexibility index (Phi) is 4.15. The normalized spacial score (nSPS) is 26.7. The Hall–Kier alpha value is -1.55. The molecule has 4 nitrogen and oxygen atoms in total. The van der Waals surface area contributed by atoms with Gasteiger partial charge in [-0.05, 0) is 44.5 Å². The molecule has 0 radical (unpaired) electrons. The van der Waals surface area contributed by atoms with E-state index in [1.165, 1.54) is 0 Å². The summed E-state index contributed by atoms with van der Waals surface area (Å²) in [6.07, 6.45) is 3.69. The number of ether oxygens (including phenoxy) is 2. The summed E-state index contributed by atoms with van der Waals surface area (Å²) < 4.78 is 11.5. The van der Waals surface area contributed by atoms with E-state index in [2.05, 4.69) is 18.9 Å². The Morgan fingerprint density at radius 3 is 3.05 bits per heavy atom. The smallest absolute Gasteiger partial charge is 0.311 e. The van der Waals surface area contributed by atoms with E-state index < -0.39 is 0 Å². The van der Waals surface area contributed by atoms with Gasteiger partial charge in [-0.1, -0.05) is 13.0 Å². The molecule has 2 aliphatic heterocycles. The summed E-state index contributed by atoms with van der Waals surface area (Å²) in [5.41, 5.74) is 1.09. The SMILES string of the molecule is CC1CN(C)CCCC1Oc1ccc2c(c1)OC(=O)CC2. The first-order valence-electron chi connectivity index (χ1n) is 7.80. The fourth-order valence-electron chi connectivity index (χ4n) is 3.22. The lowest BCUT2D eigenvalue weighted by molar-refractivity contribution is -0.135. The third kappa shape index (κ3) is 3.38. The van der Waals surface area contributed by atoms with Gasteiger partial charge in [-0.15, -0.1) is 0 Å². The highest BCUT2D eigenvalue weighted by atomic mass is 16.5. The molecule has 0 bridgehead atoms. The monoisotopic (exact) mass is 289 g/mol. The number of nitrogens with zero attached hydrogens (tertiary/aromatic N) is 1. The number of carbonyl (C=O) groups excluding carboxylic acids is 1. The minimum atomic E-state index is -0.149. The first-order chi connectivity index (χ1) is 10.1. The number of rotatable bonds is 2. The van der Waals surface area contributed by atoms with Gasteiger partial charge in [-0.2, -0.15) is 0 Å². The molecule has 2 aliphatic rings. The second-order valence-electron chi connectivity index (χ2n) is 6.28. The van der Waals surface area contributed by atoms with Crippen LogP contribution >= 0.6 is 0 Å². The van der Waals surface area contributed by atoms with E-state index in [4.69, 9.17) is 9.47 Å². The maximum atomic E-state index is 11.4. The van der Waals surface area contributed by atoms with Crippen molar-refractivity contribution < 1.29 is 14.3 Å². The Balaban J connectivity index is 1.72. The zero-order valence-electron chi connectivity index (χ0n) is 12.8. The molecule has 0 aliphatic carbocycles. The molecule has 0 spiro atoms. The Labute approximate surface area is 126 Å². The summed E-state index contributed by atoms with van der Waals surface area (Å²) in [7, 11) is 2.16. The number of likely N-dealkylation sites (tertiary alicyclic amines) is 1. The van der Waals surface area contributed by atoms with Crippen LogP contribution in [0, 0.1) is 5.92 Å². The third-order valence-corrected chi connectivity index (χ3v) is 4.41. The predicted octanol–water partition coefficient (Wildman–Crippen LogP) is 2.65. The molecule has 0 N–H and O–H groups in total. The first-order valence-corrected chi connectivity index (χ1v) is 7.80. The maximum absolute atomic E-state index is 11.4. The molecule has 0 amide bonds. The minimum absolute atomic E-state index is 0.149. The van der Waals surface area contributed by atoms with E-state index in [1.54, 1.807) is 0 Å². The summed E-state index contributed by atoms with van der Waals surface area (Å²) in [5, 5.41) is 0. The van der Waals surface area contributed by atoms with Crippen LogP contribution in [0.2, 0.25) is 0 Å². The van der Waals surface area contributed by atoms with E-state index in [0.29, 0.717) is 18.1 Å². The van der Waals surface area contributed by atoms with Crippen LogP contribution in [0.5, 0.6) is 11.5 Å². The van der Waals surface area contributed by atoms with Crippen molar-refractivity contribution in [2.45, 2.75) is 38.7 Å². The highest BCUT2D eigenvalue weighted by Crippen LogP contribution is 2.31. The molecule has 0 saturated carbocycles. The Morgan fingerprint density at radius 2 is 2.19 bits per heavy atom. The van der Waals surface area contributed by atoms with Crippen LogP contribution in [0.1, 0.15) is 31.7 Å². The molecule has 2 unspecified atom stereocenters. The number of aryl methyl sites for hydroxylation is 1. The minimum Gasteiger partial charge on any atom is -0.490 e. The number of esters is 1. The number of benzene rings is 1. The maximum Gasteiger partial charge on any atom is 0.311 e. The molecule has 1 fully saturated rings. The third-order valence-electron chi connectivity index (χ3n) is 4.41. The van der Waals surface area contributed by atoms with Gasteiger partial charge in [0.15, 0.2) is 0 Å². The summed E-state index contributed by atoms with van der Waals surface area (Å²) in [6, 6.07) is 5.89. The summed E-state index contributed by atoms with van der Waals surface area (Å²) in [5.74, 6) is 1.83. The van der Waals surface area contributed by atoms with Gasteiger partial charge in [-0.3, -0.25) is 4.79 Å². The van der Waals surface area contributed by atoms with Gasteiger partial charge >= 0.3 is 5.97 Å². The van der Waals surface area contributed by atoms with Crippen LogP contribution in [-0.2, 0) is 11.2 Å². The summed E-state index contributed by atoms with van der Waals surface area (Å²) in [6.45, 7) is 4.43. The van der Waals surface area contributed by atoms with E-state index in [-0.39, 0.29) is 12.1 Å². The molecule has 2 atom stereocenters. The van der Waals surface area contributed by atoms with Gasteiger partial charge in [0.1, 0.15) is 17.6 Å². The number of carbonyl (C=O) groups is 1. The number of hydrogen-bond acceptors (Lipinski definition) is 4. The van der Waals surface area contributed by atoms with Crippen molar-refractivity contribution in [1.29, 1.82) is 0 Å². The molecule has 3 rings (SSSR count). The van der Waals surface area contributed by atoms with Gasteiger partial charge in [0, 0.05) is 18.5 Å². The molecule has 1 aromatic rings. The predicted molar refractivity (Wildman–Crippen MR) is 80.7 cm³/mol. The van der Waals surface area contributed by atoms with Gasteiger partial charge < -0.3 is 14.4 Å². The fourth-order valence-corrected chi connectivity index (χ4v) is 3.22. The fraction of sp³-hybridized carbons (Fsp3) is 0.588. The summed E-state index contributed by atoms with van der Waals surface area (Å²) >= 11 is 0. The van der Waals surface area contributed by atoms with Gasteiger partial charge in [-0.25, -0.2) is 0 Å². The molecule has 4 heteroatoms. The van der Waals surface area contributed by atoms with Crippen LogP contribution in [0.3, 0.4) is 0 Å². The lowest BCUT2D eigenvalue weighted by Crippen LogP contribution is -2.30. The number of fused-ring (bicyclic) bond motifs is 1. The quantitative estimate of drug-likeness (QED) is 0.620. The molecule has 1 saturated heterocycles. The standard InChI is InChI=1S/C17H23NO3/c1-12-11-18(2)9-3-4-15(12)20-14-7-5-13-6-8-17(19)21-16(13)10-14/h5,7,10,12,15H,3-4,6,8-9,11H2,1-2H3. The second-order valence-corrected chi connectivity index (χ2v) is 6.28. The molecule has 2 heterocycles. The lowest BCUT2D eigenvalue weighted by Gasteiger charge is -2.25. The van der Waals surface area contributed by atoms with Crippen molar-refractivity contribution in [1.82, 2.24) is 4.90 Å². The molecule has 1 aromatic carbocycles. The van der Waals surface area contributed by atoms with Crippen molar-refractivity contribution in [3.05, 3.63) is 23.8 Å². The van der Waals surface area contributed by atoms with Crippen LogP contribution in [-0.4, -0.2) is 37.1 Å². The topological polar surface area (TPSA) is 38.8 Å². The van der Waals surface area contributed by atoms with E-state index in [9.17, 15) is 4.79 Å². The summed E-state index contributed by atoms with van der Waals surface area (Å²) in [4.78, 5) is 13.8. The highest BCUT2D eigenvalue weighted by molar-refractivity contribution is 5.75. The molecule has 0 aromatic heterocycles. The molecule has 114 valence electrons. The van der Waals surface area contributed by atoms with Gasteiger partial charge in [0.25, 0.3) is 0 Å². The molecular weight excluding hydrogens is 266 g/mol. The zero-order valence-corrected chi connectivity index (χ0v) is 12.8. The van der Waals surface area contributed by atoms with E-state index >= 15 is 0 Å². The zero-order chi connectivity index (χ0) is 14.8. The average molecular weight is 289 g/mol. The largest absolute Gasteiger partial charge is 0.490 e. The lowest BCUT2D eigenvalue weighted by atomic mass is 10.0. The Bertz CT molecular complexity index is 529. The van der Waals surface area contributed by atoms with Crippen LogP contribution in [0.25, 0.3) is 0 Å². The van der Waals surface area contributed by atoms with Crippen molar-refractivity contribution >= 4 is 5.97 Å². The van der Waals surface area contributed by atoms with Crippen molar-refractivity contribution in [3.8, 4) is 11.5 Å². The van der Waals surface area contributed by atoms with Crippen molar-refractivity contribution in [2.75, 3.05) is 20.1 Å². The van der Waals surface area contributed by atoms with Crippen LogP contribution in [0.4, 0.5) is 0 Å². The number of hydrogen-bond donors (Lipinski definition) is 0. The highest BCUT2D eigenvalue weighted by Gasteiger charge is 2.24. The Morgan fingerprint density at radius 1 is 1.33 bits per heavy atom. The van der Waals surface area contributed by atoms with Gasteiger partial charge in [0.05, 0.1) is 6.42 Å². The van der Waals surface area contributed by atoms with Crippen LogP contribution in [0.15, 0.2) is 18.2 Å². The first kappa shape index (κ1) is 14.4. The van der Waals surface area contributed by atoms with E-state index in [0.717, 1.165) is 43.7 Å². The van der Waals surface area contributed by atoms with Crippen molar-refractivity contribution in [2.24, 2.45) is 5.92 Å². The van der Waals surface area contributed by atoms with Crippen molar-refractivity contribution in [3.63, 3.8) is 0 Å². The van der Waals surface area contributed by atoms with E-state index in [1.807, 2.05) is 18.2 Å². The average Bonchev–Trinajstić information content (AvgIpc) is 2.60. The second kappa shape index (κ2) is 6.06. The van der Waals surface area contributed by atoms with Crippen LogP contribution < -0.4 is 9.47 Å². The molecular formula is C17H23NO3. The molecule has 21 heavy (non-hydrogen) atoms.